The monoisotopic (exact) mass is 436 g/mol. The van der Waals surface area contributed by atoms with Gasteiger partial charge in [0.2, 0.25) is 0 Å². The molecule has 0 spiro atoms. The minimum Gasteiger partial charge on any atom is -0.380 e. The van der Waals surface area contributed by atoms with Crippen LogP contribution in [0.4, 0.5) is 0 Å². The van der Waals surface area contributed by atoms with Crippen LogP contribution in [0, 0.1) is 13.8 Å². The Morgan fingerprint density at radius 1 is 1.35 bits per heavy atom. The number of nitrogens with zero attached hydrogens (tertiary/aromatic N) is 4. The minimum absolute atomic E-state index is 0.142. The first kappa shape index (κ1) is 19.0. The molecule has 8 heteroatoms. The smallest absolute Gasteiger partial charge is 0.270 e. The van der Waals surface area contributed by atoms with Crippen molar-refractivity contribution in [2.24, 2.45) is 4.99 Å². The van der Waals surface area contributed by atoms with Crippen molar-refractivity contribution in [3.8, 4) is 0 Å². The number of hydrogen-bond acceptors (Lipinski definition) is 4. The number of halogens is 1. The van der Waals surface area contributed by atoms with E-state index in [1.165, 1.54) is 11.3 Å². The summed E-state index contributed by atoms with van der Waals surface area (Å²) in [7, 11) is 0. The van der Waals surface area contributed by atoms with Gasteiger partial charge in [0.05, 0.1) is 22.5 Å². The van der Waals surface area contributed by atoms with Crippen LogP contribution in [0.5, 0.6) is 0 Å². The second kappa shape index (κ2) is 8.28. The van der Waals surface area contributed by atoms with E-state index in [2.05, 4.69) is 26.0 Å². The predicted octanol–water partition coefficient (Wildman–Crippen LogP) is 3.44. The summed E-state index contributed by atoms with van der Waals surface area (Å²) in [4.78, 5) is 17.5. The molecule has 2 heterocycles. The zero-order valence-corrected chi connectivity index (χ0v) is 17.4. The molecule has 0 aliphatic rings. The Morgan fingerprint density at radius 3 is 2.85 bits per heavy atom. The van der Waals surface area contributed by atoms with Gasteiger partial charge in [-0.1, -0.05) is 27.3 Å². The second-order valence-corrected chi connectivity index (χ2v) is 7.86. The number of aryl methyl sites for hydroxylation is 2. The standard InChI is InChI=1S/C18H21BrN4O2S/c1-4-25-8-7-22-15-6-5-14(19)10-16(15)26-18(22)20-17(24)11-23-13(3)9-12(2)21-23/h5-6,9-10H,4,7-8,11H2,1-3H3. The average Bonchev–Trinajstić information content (AvgIpc) is 3.06. The molecule has 0 fully saturated rings. The summed E-state index contributed by atoms with van der Waals surface area (Å²) in [5.74, 6) is -0.216. The molecule has 6 nitrogen and oxygen atoms in total. The topological polar surface area (TPSA) is 61.4 Å². The van der Waals surface area contributed by atoms with E-state index >= 15 is 0 Å². The Kier molecular flexibility index (Phi) is 6.05. The van der Waals surface area contributed by atoms with Gasteiger partial charge in [0.1, 0.15) is 6.54 Å². The number of benzene rings is 1. The van der Waals surface area contributed by atoms with Crippen molar-refractivity contribution < 1.29 is 9.53 Å². The van der Waals surface area contributed by atoms with Gasteiger partial charge in [-0.05, 0) is 45.0 Å². The first-order chi connectivity index (χ1) is 12.5. The van der Waals surface area contributed by atoms with Crippen LogP contribution in [0.25, 0.3) is 10.2 Å². The Balaban J connectivity index is 1.96. The van der Waals surface area contributed by atoms with Gasteiger partial charge in [0.15, 0.2) is 4.80 Å². The maximum Gasteiger partial charge on any atom is 0.270 e. The number of thiazole rings is 1. The predicted molar refractivity (Wildman–Crippen MR) is 106 cm³/mol. The number of rotatable bonds is 6. The lowest BCUT2D eigenvalue weighted by Gasteiger charge is -2.05. The first-order valence-corrected chi connectivity index (χ1v) is 10.0. The van der Waals surface area contributed by atoms with E-state index in [0.29, 0.717) is 24.6 Å². The van der Waals surface area contributed by atoms with E-state index in [1.807, 2.05) is 49.6 Å². The molecule has 3 aromatic rings. The molecule has 0 bridgehead atoms. The number of amides is 1. The fourth-order valence-corrected chi connectivity index (χ4v) is 4.38. The van der Waals surface area contributed by atoms with Crippen LogP contribution in [-0.4, -0.2) is 33.5 Å². The molecular formula is C18H21BrN4O2S. The summed E-state index contributed by atoms with van der Waals surface area (Å²) < 4.78 is 11.3. The number of fused-ring (bicyclic) bond motifs is 1. The van der Waals surface area contributed by atoms with Crippen molar-refractivity contribution in [3.05, 3.63) is 44.9 Å². The van der Waals surface area contributed by atoms with Crippen LogP contribution in [0.1, 0.15) is 18.3 Å². The third-order valence-corrected chi connectivity index (χ3v) is 5.45. The fourth-order valence-electron chi connectivity index (χ4n) is 2.75. The van der Waals surface area contributed by atoms with Gasteiger partial charge in [-0.3, -0.25) is 9.48 Å². The molecule has 1 amide bonds. The van der Waals surface area contributed by atoms with Crippen LogP contribution < -0.4 is 4.80 Å². The van der Waals surface area contributed by atoms with E-state index in [4.69, 9.17) is 4.74 Å². The molecule has 0 unspecified atom stereocenters. The molecule has 0 radical (unpaired) electrons. The third-order valence-electron chi connectivity index (χ3n) is 3.92. The zero-order valence-electron chi connectivity index (χ0n) is 15.0. The highest BCUT2D eigenvalue weighted by Crippen LogP contribution is 2.22. The van der Waals surface area contributed by atoms with Gasteiger partial charge in [-0.15, -0.1) is 0 Å². The minimum atomic E-state index is -0.216. The maximum absolute atomic E-state index is 12.5. The molecule has 0 aliphatic heterocycles. The SMILES string of the molecule is CCOCCn1c(=NC(=O)Cn2nc(C)cc2C)sc2cc(Br)ccc21. The maximum atomic E-state index is 12.5. The average molecular weight is 437 g/mol. The summed E-state index contributed by atoms with van der Waals surface area (Å²) in [6.45, 7) is 7.86. The lowest BCUT2D eigenvalue weighted by molar-refractivity contribution is -0.118. The summed E-state index contributed by atoms with van der Waals surface area (Å²) in [6, 6.07) is 8.02. The van der Waals surface area contributed by atoms with Crippen LogP contribution in [0.3, 0.4) is 0 Å². The van der Waals surface area contributed by atoms with E-state index in [1.54, 1.807) is 4.68 Å². The molecular weight excluding hydrogens is 416 g/mol. The van der Waals surface area contributed by atoms with Gasteiger partial charge in [-0.2, -0.15) is 10.1 Å². The van der Waals surface area contributed by atoms with E-state index in [9.17, 15) is 4.79 Å². The zero-order chi connectivity index (χ0) is 18.7. The Hall–Kier alpha value is -1.77. The lowest BCUT2D eigenvalue weighted by Crippen LogP contribution is -2.21. The number of ether oxygens (including phenoxy) is 1. The highest BCUT2D eigenvalue weighted by molar-refractivity contribution is 9.10. The van der Waals surface area contributed by atoms with Crippen molar-refractivity contribution in [3.63, 3.8) is 0 Å². The Bertz CT molecular complexity index is 1000. The lowest BCUT2D eigenvalue weighted by atomic mass is 10.3. The van der Waals surface area contributed by atoms with Crippen molar-refractivity contribution >= 4 is 43.4 Å². The summed E-state index contributed by atoms with van der Waals surface area (Å²) in [5.41, 5.74) is 2.90. The van der Waals surface area contributed by atoms with Crippen molar-refractivity contribution in [1.29, 1.82) is 0 Å². The van der Waals surface area contributed by atoms with Crippen LogP contribution in [0.2, 0.25) is 0 Å². The highest BCUT2D eigenvalue weighted by atomic mass is 79.9. The molecule has 0 aliphatic carbocycles. The van der Waals surface area contributed by atoms with Crippen molar-refractivity contribution in [1.82, 2.24) is 14.3 Å². The highest BCUT2D eigenvalue weighted by Gasteiger charge is 2.10. The van der Waals surface area contributed by atoms with E-state index < -0.39 is 0 Å². The number of carbonyl (C=O) groups is 1. The summed E-state index contributed by atoms with van der Waals surface area (Å²) >= 11 is 5.00. The van der Waals surface area contributed by atoms with E-state index in [0.717, 1.165) is 26.1 Å². The molecule has 0 atom stereocenters. The molecule has 0 saturated heterocycles. The largest absolute Gasteiger partial charge is 0.380 e. The normalized spacial score (nSPS) is 12.2. The number of hydrogen-bond donors (Lipinski definition) is 0. The summed E-state index contributed by atoms with van der Waals surface area (Å²) in [5, 5.41) is 4.34. The molecule has 0 saturated carbocycles. The van der Waals surface area contributed by atoms with Gasteiger partial charge in [-0.25, -0.2) is 0 Å². The van der Waals surface area contributed by atoms with Crippen molar-refractivity contribution in [2.75, 3.05) is 13.2 Å². The molecule has 2 aromatic heterocycles. The first-order valence-electron chi connectivity index (χ1n) is 8.43. The van der Waals surface area contributed by atoms with Gasteiger partial charge in [0, 0.05) is 23.3 Å². The molecule has 26 heavy (non-hydrogen) atoms. The van der Waals surface area contributed by atoms with Gasteiger partial charge in [0.25, 0.3) is 5.91 Å². The van der Waals surface area contributed by atoms with E-state index in [-0.39, 0.29) is 12.5 Å². The Labute approximate surface area is 164 Å². The van der Waals surface area contributed by atoms with Crippen LogP contribution in [0.15, 0.2) is 33.7 Å². The molecule has 0 N–H and O–H groups in total. The number of carbonyl (C=O) groups excluding carboxylic acids is 1. The van der Waals surface area contributed by atoms with Gasteiger partial charge >= 0.3 is 0 Å². The molecule has 138 valence electrons. The van der Waals surface area contributed by atoms with Crippen molar-refractivity contribution in [2.45, 2.75) is 33.9 Å². The molecule has 3 rings (SSSR count). The quantitative estimate of drug-likeness (QED) is 0.555. The van der Waals surface area contributed by atoms with Gasteiger partial charge < -0.3 is 9.30 Å². The fraction of sp³-hybridized carbons (Fsp3) is 0.389. The van der Waals surface area contributed by atoms with Crippen LogP contribution >= 0.6 is 27.3 Å². The molecule has 1 aromatic carbocycles. The Morgan fingerprint density at radius 2 is 2.15 bits per heavy atom. The third kappa shape index (κ3) is 4.31. The van der Waals surface area contributed by atoms with Crippen LogP contribution in [-0.2, 0) is 22.6 Å². The number of aromatic nitrogens is 3. The second-order valence-electron chi connectivity index (χ2n) is 5.94. The summed E-state index contributed by atoms with van der Waals surface area (Å²) in [6.07, 6.45) is 0.